The Labute approximate surface area is 152 Å². The molecule has 1 unspecified atom stereocenters. The number of likely N-dealkylation sites (N-methyl/N-ethyl adjacent to an activating group) is 1. The van der Waals surface area contributed by atoms with Gasteiger partial charge in [0.15, 0.2) is 11.7 Å². The Hall–Kier alpha value is -1.43. The van der Waals surface area contributed by atoms with E-state index in [2.05, 4.69) is 17.9 Å². The fraction of sp³-hybridized carbons (Fsp3) is 0.550. The van der Waals surface area contributed by atoms with Crippen molar-refractivity contribution in [1.82, 2.24) is 0 Å². The summed E-state index contributed by atoms with van der Waals surface area (Å²) in [7, 11) is 2.04. The molecule has 1 saturated heterocycles. The quantitative estimate of drug-likeness (QED) is 0.836. The van der Waals surface area contributed by atoms with E-state index in [4.69, 9.17) is 9.47 Å². The van der Waals surface area contributed by atoms with Crippen LogP contribution in [0.25, 0.3) is 10.1 Å². The number of benzene rings is 1. The van der Waals surface area contributed by atoms with Crippen molar-refractivity contribution in [2.24, 2.45) is 5.92 Å². The molecule has 25 heavy (non-hydrogen) atoms. The van der Waals surface area contributed by atoms with E-state index < -0.39 is 0 Å². The number of hydrogen-bond acceptors (Lipinski definition) is 5. The molecule has 1 fully saturated rings. The van der Waals surface area contributed by atoms with Gasteiger partial charge in [0.1, 0.15) is 0 Å². The van der Waals surface area contributed by atoms with E-state index in [-0.39, 0.29) is 11.7 Å². The zero-order valence-corrected chi connectivity index (χ0v) is 15.7. The minimum Gasteiger partial charge on any atom is -0.369 e. The van der Waals surface area contributed by atoms with E-state index in [0.29, 0.717) is 19.8 Å². The Morgan fingerprint density at radius 2 is 2.08 bits per heavy atom. The molecule has 1 aromatic carbocycles. The van der Waals surface area contributed by atoms with Gasteiger partial charge in [-0.3, -0.25) is 4.79 Å². The Morgan fingerprint density at radius 1 is 1.28 bits per heavy atom. The summed E-state index contributed by atoms with van der Waals surface area (Å²) >= 11 is 1.81. The van der Waals surface area contributed by atoms with Gasteiger partial charge >= 0.3 is 0 Å². The second-order valence-corrected chi connectivity index (χ2v) is 8.22. The van der Waals surface area contributed by atoms with E-state index in [1.807, 2.05) is 30.5 Å². The Morgan fingerprint density at radius 3 is 2.84 bits per heavy atom. The predicted molar refractivity (Wildman–Crippen MR) is 103 cm³/mol. The van der Waals surface area contributed by atoms with Gasteiger partial charge in [-0.2, -0.15) is 0 Å². The molecule has 2 aromatic rings. The molecular weight excluding hydrogens is 334 g/mol. The van der Waals surface area contributed by atoms with Crippen LogP contribution in [-0.4, -0.2) is 33.1 Å². The zero-order valence-electron chi connectivity index (χ0n) is 14.9. The third-order valence-corrected chi connectivity index (χ3v) is 6.68. The van der Waals surface area contributed by atoms with Gasteiger partial charge in [-0.25, -0.2) is 0 Å². The van der Waals surface area contributed by atoms with Crippen molar-refractivity contribution < 1.29 is 9.47 Å². The summed E-state index contributed by atoms with van der Waals surface area (Å²) in [5.74, 6) is 0.725. The molecule has 0 saturated carbocycles. The minimum absolute atomic E-state index is 0.159. The van der Waals surface area contributed by atoms with Gasteiger partial charge in [0.25, 0.3) is 0 Å². The Kier molecular flexibility index (Phi) is 4.80. The molecule has 1 aliphatic carbocycles. The molecule has 1 aliphatic heterocycles. The molecule has 4 rings (SSSR count). The summed E-state index contributed by atoms with van der Waals surface area (Å²) in [6, 6.07) is 6.17. The maximum Gasteiger partial charge on any atom is 0.191 e. The van der Waals surface area contributed by atoms with Crippen molar-refractivity contribution in [3.05, 3.63) is 38.9 Å². The number of fused-ring (bicyclic) bond motifs is 2. The standard InChI is InChI=1S/C20H25NO3S/c1-3-13-4-6-15-17(10-13)25-18-11-14(5-7-16(18)20(15)22)21(2)12-19-23-8-9-24-19/h5,7,11,13,19H,3-4,6,8-10,12H2,1-2H3. The molecule has 0 spiro atoms. The van der Waals surface area contributed by atoms with Crippen molar-refractivity contribution in [3.63, 3.8) is 0 Å². The topological polar surface area (TPSA) is 38.8 Å². The lowest BCUT2D eigenvalue weighted by molar-refractivity contribution is -0.0336. The van der Waals surface area contributed by atoms with Gasteiger partial charge < -0.3 is 14.4 Å². The smallest absolute Gasteiger partial charge is 0.191 e. The molecule has 2 aliphatic rings. The maximum atomic E-state index is 12.9. The second-order valence-electron chi connectivity index (χ2n) is 7.08. The van der Waals surface area contributed by atoms with Crippen LogP contribution >= 0.6 is 11.3 Å². The molecule has 5 heteroatoms. The molecule has 1 aromatic heterocycles. The van der Waals surface area contributed by atoms with E-state index in [1.165, 1.54) is 11.3 Å². The van der Waals surface area contributed by atoms with Gasteiger partial charge in [-0.15, -0.1) is 11.3 Å². The van der Waals surface area contributed by atoms with E-state index in [0.717, 1.165) is 46.5 Å². The predicted octanol–water partition coefficient (Wildman–Crippen LogP) is 3.59. The van der Waals surface area contributed by atoms with Gasteiger partial charge in [-0.1, -0.05) is 13.3 Å². The maximum absolute atomic E-state index is 12.9. The average Bonchev–Trinajstić information content (AvgIpc) is 3.14. The first-order chi connectivity index (χ1) is 12.2. The molecule has 1 atom stereocenters. The fourth-order valence-corrected chi connectivity index (χ4v) is 5.18. The minimum atomic E-state index is -0.159. The third-order valence-electron chi connectivity index (χ3n) is 5.46. The summed E-state index contributed by atoms with van der Waals surface area (Å²) in [6.45, 7) is 4.29. The van der Waals surface area contributed by atoms with Crippen LogP contribution in [0.4, 0.5) is 5.69 Å². The van der Waals surface area contributed by atoms with Crippen LogP contribution in [0.2, 0.25) is 0 Å². The monoisotopic (exact) mass is 359 g/mol. The molecular formula is C20H25NO3S. The number of rotatable bonds is 4. The van der Waals surface area contributed by atoms with Crippen molar-refractivity contribution in [1.29, 1.82) is 0 Å². The van der Waals surface area contributed by atoms with Gasteiger partial charge in [-0.05, 0) is 43.4 Å². The van der Waals surface area contributed by atoms with Gasteiger partial charge in [0, 0.05) is 33.3 Å². The van der Waals surface area contributed by atoms with Crippen molar-refractivity contribution >= 4 is 27.1 Å². The van der Waals surface area contributed by atoms with E-state index in [1.54, 1.807) is 0 Å². The lowest BCUT2D eigenvalue weighted by Gasteiger charge is -2.24. The van der Waals surface area contributed by atoms with Crippen LogP contribution in [0.15, 0.2) is 23.0 Å². The molecule has 0 radical (unpaired) electrons. The molecule has 4 nitrogen and oxygen atoms in total. The molecule has 2 heterocycles. The van der Waals surface area contributed by atoms with Gasteiger partial charge in [0.2, 0.25) is 0 Å². The summed E-state index contributed by atoms with van der Waals surface area (Å²) in [5.41, 5.74) is 2.41. The molecule has 0 amide bonds. The summed E-state index contributed by atoms with van der Waals surface area (Å²) in [6.07, 6.45) is 4.19. The van der Waals surface area contributed by atoms with Crippen molar-refractivity contribution in [3.8, 4) is 0 Å². The average molecular weight is 359 g/mol. The highest BCUT2D eigenvalue weighted by atomic mass is 32.1. The van der Waals surface area contributed by atoms with Crippen LogP contribution in [-0.2, 0) is 22.3 Å². The first-order valence-electron chi connectivity index (χ1n) is 9.18. The van der Waals surface area contributed by atoms with Crippen LogP contribution in [0.5, 0.6) is 0 Å². The molecule has 134 valence electrons. The number of hydrogen-bond donors (Lipinski definition) is 0. The fourth-order valence-electron chi connectivity index (χ4n) is 3.82. The first-order valence-corrected chi connectivity index (χ1v) is 10.00. The normalized spacial score (nSPS) is 20.8. The largest absolute Gasteiger partial charge is 0.369 e. The lowest BCUT2D eigenvalue weighted by Crippen LogP contribution is -2.29. The Bertz CT molecular complexity index is 826. The highest BCUT2D eigenvalue weighted by Crippen LogP contribution is 2.33. The van der Waals surface area contributed by atoms with Crippen LogP contribution in [0.1, 0.15) is 30.2 Å². The molecule has 0 N–H and O–H groups in total. The Balaban J connectivity index is 1.66. The number of nitrogens with zero attached hydrogens (tertiary/aromatic N) is 1. The third kappa shape index (κ3) is 3.33. The highest BCUT2D eigenvalue weighted by molar-refractivity contribution is 7.18. The van der Waals surface area contributed by atoms with Crippen LogP contribution in [0.3, 0.4) is 0 Å². The second kappa shape index (κ2) is 7.06. The zero-order chi connectivity index (χ0) is 17.4. The van der Waals surface area contributed by atoms with Crippen molar-refractivity contribution in [2.45, 2.75) is 38.9 Å². The van der Waals surface area contributed by atoms with Crippen LogP contribution < -0.4 is 10.3 Å². The number of ether oxygens (including phenoxy) is 2. The van der Waals surface area contributed by atoms with E-state index >= 15 is 0 Å². The van der Waals surface area contributed by atoms with Gasteiger partial charge in [0.05, 0.1) is 19.8 Å². The van der Waals surface area contributed by atoms with Crippen molar-refractivity contribution in [2.75, 3.05) is 31.7 Å². The SMILES string of the molecule is CCC1CCc2c(sc3cc(N(C)CC4OCCO4)ccc3c2=O)C1. The highest BCUT2D eigenvalue weighted by Gasteiger charge is 2.22. The summed E-state index contributed by atoms with van der Waals surface area (Å²) in [4.78, 5) is 16.3. The number of anilines is 1. The van der Waals surface area contributed by atoms with E-state index in [9.17, 15) is 4.79 Å². The molecule has 0 bridgehead atoms. The first kappa shape index (κ1) is 17.0. The van der Waals surface area contributed by atoms with Crippen LogP contribution in [0, 0.1) is 5.92 Å². The summed E-state index contributed by atoms with van der Waals surface area (Å²) in [5, 5.41) is 0.865. The summed E-state index contributed by atoms with van der Waals surface area (Å²) < 4.78 is 12.2. The lowest BCUT2D eigenvalue weighted by atomic mass is 9.87.